The maximum Gasteiger partial charge on any atom is 0.267 e. The van der Waals surface area contributed by atoms with Gasteiger partial charge in [0.15, 0.2) is 0 Å². The van der Waals surface area contributed by atoms with E-state index < -0.39 is 0 Å². The number of amides is 1. The Bertz CT molecular complexity index is 1200. The summed E-state index contributed by atoms with van der Waals surface area (Å²) in [4.78, 5) is 18.8. The van der Waals surface area contributed by atoms with E-state index in [0.29, 0.717) is 4.88 Å². The molecule has 4 rings (SSSR count). The van der Waals surface area contributed by atoms with Crippen molar-refractivity contribution in [2.45, 2.75) is 39.8 Å². The molecule has 1 aromatic heterocycles. The molecule has 0 aliphatic heterocycles. The van der Waals surface area contributed by atoms with Crippen molar-refractivity contribution in [3.63, 3.8) is 0 Å². The zero-order valence-corrected chi connectivity index (χ0v) is 20.9. The lowest BCUT2D eigenvalue weighted by atomic mass is 10.2. The van der Waals surface area contributed by atoms with E-state index in [2.05, 4.69) is 73.1 Å². The number of hydrogen-bond donors (Lipinski definition) is 1. The van der Waals surface area contributed by atoms with E-state index in [1.54, 1.807) is 0 Å². The predicted octanol–water partition coefficient (Wildman–Crippen LogP) is 8.09. The van der Waals surface area contributed by atoms with Gasteiger partial charge in [-0.15, -0.1) is 11.3 Å². The van der Waals surface area contributed by atoms with E-state index in [4.69, 9.17) is 0 Å². The number of thiophene rings is 1. The molecule has 0 spiro atoms. The molecular weight excluding hydrogens is 438 g/mol. The third kappa shape index (κ3) is 5.15. The Balaban J connectivity index is 1.84. The van der Waals surface area contributed by atoms with Gasteiger partial charge in [-0.05, 0) is 70.2 Å². The van der Waals surface area contributed by atoms with Gasteiger partial charge in [0.1, 0.15) is 4.88 Å². The lowest BCUT2D eigenvalue weighted by Gasteiger charge is -2.30. The summed E-state index contributed by atoms with van der Waals surface area (Å²) in [6, 6.07) is 32.8. The van der Waals surface area contributed by atoms with Gasteiger partial charge < -0.3 is 15.1 Å². The first-order valence-electron chi connectivity index (χ1n) is 11.6. The number of anilines is 5. The highest BCUT2D eigenvalue weighted by atomic mass is 32.1. The molecule has 5 heteroatoms. The van der Waals surface area contributed by atoms with Crippen LogP contribution in [-0.2, 0) is 0 Å². The van der Waals surface area contributed by atoms with Gasteiger partial charge >= 0.3 is 0 Å². The van der Waals surface area contributed by atoms with Crippen LogP contribution in [0, 0.1) is 0 Å². The van der Waals surface area contributed by atoms with E-state index in [1.165, 1.54) is 11.3 Å². The highest BCUT2D eigenvalue weighted by Gasteiger charge is 2.27. The lowest BCUT2D eigenvalue weighted by molar-refractivity contribution is 0.103. The fraction of sp³-hybridized carbons (Fsp3) is 0.207. The Morgan fingerprint density at radius 3 is 1.68 bits per heavy atom. The van der Waals surface area contributed by atoms with Crippen LogP contribution in [-0.4, -0.2) is 18.0 Å². The average molecular weight is 470 g/mol. The van der Waals surface area contributed by atoms with Crippen LogP contribution in [0.3, 0.4) is 0 Å². The van der Waals surface area contributed by atoms with E-state index in [-0.39, 0.29) is 18.0 Å². The minimum atomic E-state index is -0.101. The molecule has 0 unspecified atom stereocenters. The summed E-state index contributed by atoms with van der Waals surface area (Å²) >= 11 is 1.53. The van der Waals surface area contributed by atoms with Crippen molar-refractivity contribution < 1.29 is 4.79 Å². The Hall–Kier alpha value is -3.57. The second-order valence-electron chi connectivity index (χ2n) is 8.72. The van der Waals surface area contributed by atoms with Crippen molar-refractivity contribution >= 4 is 45.0 Å². The molecule has 4 aromatic rings. The highest BCUT2D eigenvalue weighted by molar-refractivity contribution is 7.18. The standard InChI is InChI=1S/C29H31N3OS/c1-21(2)31(24-16-10-6-11-17-24)26-20-27(32(22(3)4)25-18-12-7-13-19-25)34-28(26)29(33)30-23-14-8-5-9-15-23/h5-22H,1-4H3,(H,30,33). The molecule has 1 amide bonds. The van der Waals surface area contributed by atoms with Crippen molar-refractivity contribution in [1.29, 1.82) is 0 Å². The molecular formula is C29H31N3OS. The summed E-state index contributed by atoms with van der Waals surface area (Å²) in [6.45, 7) is 8.66. The van der Waals surface area contributed by atoms with E-state index >= 15 is 0 Å². The molecule has 0 aliphatic carbocycles. The SMILES string of the molecule is CC(C)N(c1ccccc1)c1cc(N(c2ccccc2)C(C)C)c(C(=O)Nc2ccccc2)s1. The van der Waals surface area contributed by atoms with Gasteiger partial charge in [0.2, 0.25) is 0 Å². The van der Waals surface area contributed by atoms with Gasteiger partial charge in [-0.2, -0.15) is 0 Å². The Morgan fingerprint density at radius 1 is 0.706 bits per heavy atom. The topological polar surface area (TPSA) is 35.6 Å². The van der Waals surface area contributed by atoms with Gasteiger partial charge in [0.05, 0.1) is 10.7 Å². The fourth-order valence-electron chi connectivity index (χ4n) is 4.11. The summed E-state index contributed by atoms with van der Waals surface area (Å²) in [5, 5.41) is 4.13. The van der Waals surface area contributed by atoms with Crippen LogP contribution in [0.15, 0.2) is 97.1 Å². The largest absolute Gasteiger partial charge is 0.338 e. The molecule has 0 aliphatic rings. The Kier molecular flexibility index (Phi) is 7.33. The van der Waals surface area contributed by atoms with Gasteiger partial charge in [-0.25, -0.2) is 0 Å². The summed E-state index contributed by atoms with van der Waals surface area (Å²) in [5.41, 5.74) is 3.87. The number of rotatable bonds is 8. The van der Waals surface area contributed by atoms with E-state index in [1.807, 2.05) is 66.7 Å². The fourth-order valence-corrected chi connectivity index (χ4v) is 5.31. The quantitative estimate of drug-likeness (QED) is 0.283. The molecule has 0 saturated carbocycles. The first-order chi connectivity index (χ1) is 16.5. The molecule has 4 nitrogen and oxygen atoms in total. The number of para-hydroxylation sites is 3. The minimum Gasteiger partial charge on any atom is -0.338 e. The van der Waals surface area contributed by atoms with Crippen LogP contribution in [0.5, 0.6) is 0 Å². The number of benzene rings is 3. The normalized spacial score (nSPS) is 11.0. The Morgan fingerprint density at radius 2 is 1.18 bits per heavy atom. The van der Waals surface area contributed by atoms with E-state index in [0.717, 1.165) is 27.8 Å². The minimum absolute atomic E-state index is 0.101. The zero-order valence-electron chi connectivity index (χ0n) is 20.1. The second-order valence-corrected chi connectivity index (χ2v) is 9.75. The summed E-state index contributed by atoms with van der Waals surface area (Å²) in [6.07, 6.45) is 0. The smallest absolute Gasteiger partial charge is 0.267 e. The number of hydrogen-bond acceptors (Lipinski definition) is 4. The van der Waals surface area contributed by atoms with Gasteiger partial charge in [-0.3, -0.25) is 4.79 Å². The van der Waals surface area contributed by atoms with E-state index in [9.17, 15) is 4.79 Å². The molecule has 174 valence electrons. The van der Waals surface area contributed by atoms with Gasteiger partial charge in [0.25, 0.3) is 5.91 Å². The van der Waals surface area contributed by atoms with Gasteiger partial charge in [0, 0.05) is 29.1 Å². The molecule has 1 N–H and O–H groups in total. The lowest BCUT2D eigenvalue weighted by Crippen LogP contribution is -2.27. The van der Waals surface area contributed by atoms with Crippen molar-refractivity contribution in [2.75, 3.05) is 15.1 Å². The van der Waals surface area contributed by atoms with Crippen LogP contribution in [0.2, 0.25) is 0 Å². The molecule has 0 fully saturated rings. The Labute approximate surface area is 206 Å². The third-order valence-electron chi connectivity index (χ3n) is 5.54. The predicted molar refractivity (Wildman–Crippen MR) is 146 cm³/mol. The van der Waals surface area contributed by atoms with Crippen molar-refractivity contribution in [2.24, 2.45) is 0 Å². The summed E-state index contributed by atoms with van der Waals surface area (Å²) < 4.78 is 0. The monoisotopic (exact) mass is 469 g/mol. The van der Waals surface area contributed by atoms with Crippen LogP contribution in [0.1, 0.15) is 37.4 Å². The maximum atomic E-state index is 13.6. The molecule has 0 atom stereocenters. The van der Waals surface area contributed by atoms with Crippen molar-refractivity contribution in [1.82, 2.24) is 0 Å². The third-order valence-corrected chi connectivity index (χ3v) is 6.66. The second kappa shape index (κ2) is 10.6. The molecule has 0 radical (unpaired) electrons. The molecule has 3 aromatic carbocycles. The first kappa shape index (κ1) is 23.6. The van der Waals surface area contributed by atoms with Crippen molar-refractivity contribution in [3.05, 3.63) is 102 Å². The number of carbonyl (C=O) groups excluding carboxylic acids is 1. The van der Waals surface area contributed by atoms with Crippen LogP contribution in [0.25, 0.3) is 0 Å². The maximum absolute atomic E-state index is 13.6. The van der Waals surface area contributed by atoms with Crippen LogP contribution >= 0.6 is 11.3 Å². The first-order valence-corrected chi connectivity index (χ1v) is 12.5. The average Bonchev–Trinajstić information content (AvgIpc) is 3.25. The number of carbonyl (C=O) groups is 1. The van der Waals surface area contributed by atoms with Crippen LogP contribution in [0.4, 0.5) is 27.8 Å². The number of nitrogens with one attached hydrogen (secondary N) is 1. The van der Waals surface area contributed by atoms with Gasteiger partial charge in [-0.1, -0.05) is 54.6 Å². The van der Waals surface area contributed by atoms with Crippen molar-refractivity contribution in [3.8, 4) is 0 Å². The zero-order chi connectivity index (χ0) is 24.1. The van der Waals surface area contributed by atoms with Crippen LogP contribution < -0.4 is 15.1 Å². The molecule has 0 saturated heterocycles. The molecule has 0 bridgehead atoms. The molecule has 1 heterocycles. The summed E-state index contributed by atoms with van der Waals surface area (Å²) in [7, 11) is 0. The molecule has 34 heavy (non-hydrogen) atoms. The number of nitrogens with zero attached hydrogens (tertiary/aromatic N) is 2. The summed E-state index contributed by atoms with van der Waals surface area (Å²) in [5.74, 6) is -0.101. The highest BCUT2D eigenvalue weighted by Crippen LogP contribution is 2.43.